The summed E-state index contributed by atoms with van der Waals surface area (Å²) in [4.78, 5) is 18.1. The smallest absolute Gasteiger partial charge is 0.410 e. The van der Waals surface area contributed by atoms with Crippen molar-refractivity contribution in [1.29, 1.82) is 0 Å². The SMILES string of the molecule is Cc1nc(CNCC2CCCN2C(=O)OC(C)(C)C)no1. The maximum Gasteiger partial charge on any atom is 0.410 e. The number of ether oxygens (including phenoxy) is 1. The van der Waals surface area contributed by atoms with Crippen LogP contribution in [0.15, 0.2) is 4.52 Å². The maximum absolute atomic E-state index is 12.1. The van der Waals surface area contributed by atoms with Crippen molar-refractivity contribution in [3.05, 3.63) is 11.7 Å². The lowest BCUT2D eigenvalue weighted by Gasteiger charge is -2.28. The molecule has 1 N–H and O–H groups in total. The van der Waals surface area contributed by atoms with Gasteiger partial charge in [-0.3, -0.25) is 0 Å². The van der Waals surface area contributed by atoms with Gasteiger partial charge in [0.05, 0.1) is 6.54 Å². The minimum atomic E-state index is -0.459. The average molecular weight is 296 g/mol. The zero-order chi connectivity index (χ0) is 15.5. The van der Waals surface area contributed by atoms with Gasteiger partial charge in [0.25, 0.3) is 0 Å². The molecule has 0 aromatic carbocycles. The van der Waals surface area contributed by atoms with Gasteiger partial charge in [0.1, 0.15) is 5.60 Å². The Kier molecular flexibility index (Phi) is 4.82. The number of hydrogen-bond donors (Lipinski definition) is 1. The van der Waals surface area contributed by atoms with Crippen LogP contribution >= 0.6 is 0 Å². The van der Waals surface area contributed by atoms with Crippen LogP contribution < -0.4 is 5.32 Å². The van der Waals surface area contributed by atoms with E-state index in [9.17, 15) is 4.79 Å². The van der Waals surface area contributed by atoms with Crippen LogP contribution in [0.3, 0.4) is 0 Å². The molecule has 1 aliphatic rings. The zero-order valence-corrected chi connectivity index (χ0v) is 13.2. The van der Waals surface area contributed by atoms with Crippen LogP contribution in [0.2, 0.25) is 0 Å². The molecule has 0 spiro atoms. The first-order valence-corrected chi connectivity index (χ1v) is 7.35. The van der Waals surface area contributed by atoms with Gasteiger partial charge in [0.15, 0.2) is 5.82 Å². The monoisotopic (exact) mass is 296 g/mol. The van der Waals surface area contributed by atoms with E-state index in [1.807, 2.05) is 20.8 Å². The Hall–Kier alpha value is -1.63. The van der Waals surface area contributed by atoms with Gasteiger partial charge in [0.2, 0.25) is 5.89 Å². The highest BCUT2D eigenvalue weighted by atomic mass is 16.6. The number of nitrogens with one attached hydrogen (secondary N) is 1. The van der Waals surface area contributed by atoms with E-state index < -0.39 is 5.60 Å². The number of aryl methyl sites for hydroxylation is 1. The Morgan fingerprint density at radius 3 is 2.90 bits per heavy atom. The summed E-state index contributed by atoms with van der Waals surface area (Å²) in [6, 6.07) is 0.160. The maximum atomic E-state index is 12.1. The zero-order valence-electron chi connectivity index (χ0n) is 13.2. The van der Waals surface area contributed by atoms with Crippen LogP contribution in [-0.2, 0) is 11.3 Å². The van der Waals surface area contributed by atoms with E-state index in [0.717, 1.165) is 19.4 Å². The van der Waals surface area contributed by atoms with Crippen molar-refractivity contribution in [2.45, 2.75) is 58.7 Å². The van der Waals surface area contributed by atoms with Crippen LogP contribution in [0.5, 0.6) is 0 Å². The second-order valence-electron chi connectivity index (χ2n) is 6.33. The molecular formula is C14H24N4O3. The van der Waals surface area contributed by atoms with Crippen LogP contribution in [0, 0.1) is 6.92 Å². The van der Waals surface area contributed by atoms with Gasteiger partial charge in [-0.2, -0.15) is 4.98 Å². The molecule has 7 heteroatoms. The number of carbonyl (C=O) groups is 1. The largest absolute Gasteiger partial charge is 0.444 e. The van der Waals surface area contributed by atoms with Gasteiger partial charge in [-0.25, -0.2) is 4.79 Å². The summed E-state index contributed by atoms with van der Waals surface area (Å²) in [6.07, 6.45) is 1.76. The molecule has 0 bridgehead atoms. The molecule has 7 nitrogen and oxygen atoms in total. The molecule has 0 radical (unpaired) electrons. The molecule has 0 aliphatic carbocycles. The van der Waals surface area contributed by atoms with Gasteiger partial charge >= 0.3 is 6.09 Å². The van der Waals surface area contributed by atoms with E-state index in [2.05, 4.69) is 15.5 Å². The number of aromatic nitrogens is 2. The van der Waals surface area contributed by atoms with Crippen molar-refractivity contribution in [1.82, 2.24) is 20.4 Å². The lowest BCUT2D eigenvalue weighted by molar-refractivity contribution is 0.0226. The van der Waals surface area contributed by atoms with Crippen LogP contribution in [0.4, 0.5) is 4.79 Å². The van der Waals surface area contributed by atoms with E-state index >= 15 is 0 Å². The lowest BCUT2D eigenvalue weighted by atomic mass is 10.2. The number of carbonyl (C=O) groups excluding carboxylic acids is 1. The Labute approximate surface area is 125 Å². The van der Waals surface area contributed by atoms with Gasteiger partial charge in [0, 0.05) is 26.1 Å². The fourth-order valence-corrected chi connectivity index (χ4v) is 2.37. The number of nitrogens with zero attached hydrogens (tertiary/aromatic N) is 3. The van der Waals surface area contributed by atoms with Crippen molar-refractivity contribution in [3.63, 3.8) is 0 Å². The molecule has 2 rings (SSSR count). The summed E-state index contributed by atoms with van der Waals surface area (Å²) < 4.78 is 10.4. The first kappa shape index (κ1) is 15.8. The fourth-order valence-electron chi connectivity index (χ4n) is 2.37. The Morgan fingerprint density at radius 1 is 1.52 bits per heavy atom. The second-order valence-corrected chi connectivity index (χ2v) is 6.33. The number of rotatable bonds is 4. The molecule has 2 heterocycles. The van der Waals surface area contributed by atoms with Crippen LogP contribution in [0.25, 0.3) is 0 Å². The molecule has 1 fully saturated rings. The highest BCUT2D eigenvalue weighted by molar-refractivity contribution is 5.69. The number of likely N-dealkylation sites (tertiary alicyclic amines) is 1. The summed E-state index contributed by atoms with van der Waals surface area (Å²) in [6.45, 7) is 9.40. The molecule has 1 saturated heterocycles. The third-order valence-electron chi connectivity index (χ3n) is 3.24. The third-order valence-corrected chi connectivity index (χ3v) is 3.24. The minimum absolute atomic E-state index is 0.160. The van der Waals surface area contributed by atoms with Crippen LogP contribution in [-0.4, -0.2) is 45.9 Å². The summed E-state index contributed by atoms with van der Waals surface area (Å²) in [7, 11) is 0. The number of amides is 1. The summed E-state index contributed by atoms with van der Waals surface area (Å²) >= 11 is 0. The Balaban J connectivity index is 1.80. The van der Waals surface area contributed by atoms with Crippen molar-refractivity contribution in [2.75, 3.05) is 13.1 Å². The highest BCUT2D eigenvalue weighted by Gasteiger charge is 2.31. The predicted molar refractivity (Wildman–Crippen MR) is 76.7 cm³/mol. The van der Waals surface area contributed by atoms with E-state index in [4.69, 9.17) is 9.26 Å². The molecule has 1 atom stereocenters. The average Bonchev–Trinajstić information content (AvgIpc) is 2.96. The molecule has 118 valence electrons. The fraction of sp³-hybridized carbons (Fsp3) is 0.786. The predicted octanol–water partition coefficient (Wildman–Crippen LogP) is 1.87. The molecule has 1 aromatic heterocycles. The van der Waals surface area contributed by atoms with Crippen molar-refractivity contribution >= 4 is 6.09 Å². The Morgan fingerprint density at radius 2 is 2.29 bits per heavy atom. The van der Waals surface area contributed by atoms with E-state index in [1.165, 1.54) is 0 Å². The van der Waals surface area contributed by atoms with E-state index in [0.29, 0.717) is 24.8 Å². The van der Waals surface area contributed by atoms with Gasteiger partial charge in [-0.15, -0.1) is 0 Å². The van der Waals surface area contributed by atoms with Gasteiger partial charge in [-0.05, 0) is 33.6 Å². The lowest BCUT2D eigenvalue weighted by Crippen LogP contribution is -2.44. The highest BCUT2D eigenvalue weighted by Crippen LogP contribution is 2.20. The molecule has 1 amide bonds. The number of hydrogen-bond acceptors (Lipinski definition) is 6. The topological polar surface area (TPSA) is 80.5 Å². The molecule has 0 saturated carbocycles. The standard InChI is InChI=1S/C14H24N4O3/c1-10-16-12(17-21-10)9-15-8-11-6-5-7-18(11)13(19)20-14(2,3)4/h11,15H,5-9H2,1-4H3. The van der Waals surface area contributed by atoms with Crippen molar-refractivity contribution in [3.8, 4) is 0 Å². The quantitative estimate of drug-likeness (QED) is 0.913. The summed E-state index contributed by atoms with van der Waals surface area (Å²) in [5, 5.41) is 7.10. The van der Waals surface area contributed by atoms with Gasteiger partial charge in [-0.1, -0.05) is 5.16 Å². The Bertz CT molecular complexity index is 481. The van der Waals surface area contributed by atoms with E-state index in [-0.39, 0.29) is 12.1 Å². The van der Waals surface area contributed by atoms with Crippen LogP contribution in [0.1, 0.15) is 45.3 Å². The van der Waals surface area contributed by atoms with Crippen molar-refractivity contribution in [2.24, 2.45) is 0 Å². The molecule has 21 heavy (non-hydrogen) atoms. The minimum Gasteiger partial charge on any atom is -0.444 e. The first-order chi connectivity index (χ1) is 9.85. The second kappa shape index (κ2) is 6.43. The van der Waals surface area contributed by atoms with E-state index in [1.54, 1.807) is 11.8 Å². The summed E-state index contributed by atoms with van der Waals surface area (Å²) in [5.41, 5.74) is -0.459. The normalized spacial score (nSPS) is 19.0. The van der Waals surface area contributed by atoms with Crippen molar-refractivity contribution < 1.29 is 14.1 Å². The molecule has 1 unspecified atom stereocenters. The summed E-state index contributed by atoms with van der Waals surface area (Å²) in [5.74, 6) is 1.19. The van der Waals surface area contributed by atoms with Gasteiger partial charge < -0.3 is 19.5 Å². The molecule has 1 aromatic rings. The third kappa shape index (κ3) is 4.70. The molecule has 1 aliphatic heterocycles. The first-order valence-electron chi connectivity index (χ1n) is 7.35. The molecular weight excluding hydrogens is 272 g/mol.